The van der Waals surface area contributed by atoms with Crippen molar-refractivity contribution in [3.05, 3.63) is 29.6 Å². The molecule has 0 aliphatic carbocycles. The summed E-state index contributed by atoms with van der Waals surface area (Å²) in [6, 6.07) is 5.16. The summed E-state index contributed by atoms with van der Waals surface area (Å²) in [5.41, 5.74) is 7.00. The molecule has 0 saturated carbocycles. The highest BCUT2D eigenvalue weighted by atomic mass is 32.2. The third kappa shape index (κ3) is 4.68. The lowest BCUT2D eigenvalue weighted by atomic mass is 10.0. The number of benzene rings is 1. The van der Waals surface area contributed by atoms with Crippen molar-refractivity contribution in [2.24, 2.45) is 5.73 Å². The SMILES string of the molecule is CCC(N)Cc1cc(F)ccc1SC(C)CC. The van der Waals surface area contributed by atoms with E-state index in [1.807, 2.05) is 17.8 Å². The van der Waals surface area contributed by atoms with Crippen LogP contribution >= 0.6 is 11.8 Å². The van der Waals surface area contributed by atoms with E-state index in [2.05, 4.69) is 20.8 Å². The van der Waals surface area contributed by atoms with Crippen molar-refractivity contribution in [2.75, 3.05) is 0 Å². The van der Waals surface area contributed by atoms with Gasteiger partial charge in [-0.25, -0.2) is 4.39 Å². The van der Waals surface area contributed by atoms with Crippen molar-refractivity contribution in [3.8, 4) is 0 Å². The molecule has 0 spiro atoms. The van der Waals surface area contributed by atoms with Gasteiger partial charge in [0.2, 0.25) is 0 Å². The van der Waals surface area contributed by atoms with Crippen LogP contribution in [0.3, 0.4) is 0 Å². The molecule has 0 saturated heterocycles. The van der Waals surface area contributed by atoms with E-state index in [0.29, 0.717) is 5.25 Å². The Kier molecular flexibility index (Phi) is 6.00. The highest BCUT2D eigenvalue weighted by molar-refractivity contribution is 8.00. The van der Waals surface area contributed by atoms with Gasteiger partial charge < -0.3 is 5.73 Å². The Bertz CT molecular complexity index is 354. The molecule has 1 rings (SSSR count). The fraction of sp³-hybridized carbons (Fsp3) is 0.571. The van der Waals surface area contributed by atoms with Gasteiger partial charge in [0.25, 0.3) is 0 Å². The lowest BCUT2D eigenvalue weighted by Crippen LogP contribution is -2.21. The van der Waals surface area contributed by atoms with Crippen LogP contribution in [-0.2, 0) is 6.42 Å². The molecule has 17 heavy (non-hydrogen) atoms. The van der Waals surface area contributed by atoms with Crippen LogP contribution in [0.4, 0.5) is 4.39 Å². The van der Waals surface area contributed by atoms with Crippen LogP contribution in [0.1, 0.15) is 39.2 Å². The van der Waals surface area contributed by atoms with E-state index in [1.54, 1.807) is 6.07 Å². The third-order valence-electron chi connectivity index (χ3n) is 2.93. The molecule has 1 aromatic carbocycles. The maximum atomic E-state index is 13.3. The number of hydrogen-bond acceptors (Lipinski definition) is 2. The minimum atomic E-state index is -0.170. The van der Waals surface area contributed by atoms with Crippen LogP contribution in [0.2, 0.25) is 0 Å². The first-order chi connectivity index (χ1) is 8.06. The summed E-state index contributed by atoms with van der Waals surface area (Å²) >= 11 is 1.81. The van der Waals surface area contributed by atoms with Gasteiger partial charge in [0.05, 0.1) is 0 Å². The summed E-state index contributed by atoms with van der Waals surface area (Å²) in [6.45, 7) is 6.42. The Balaban J connectivity index is 2.87. The third-order valence-corrected chi connectivity index (χ3v) is 4.32. The second-order valence-corrected chi connectivity index (χ2v) is 5.94. The molecule has 0 radical (unpaired) electrons. The van der Waals surface area contributed by atoms with Gasteiger partial charge in [-0.15, -0.1) is 11.8 Å². The molecular weight excluding hydrogens is 233 g/mol. The molecular formula is C14H22FNS. The second-order valence-electron chi connectivity index (χ2n) is 4.46. The zero-order valence-electron chi connectivity index (χ0n) is 10.9. The lowest BCUT2D eigenvalue weighted by Gasteiger charge is -2.15. The Morgan fingerprint density at radius 2 is 2.00 bits per heavy atom. The van der Waals surface area contributed by atoms with Gasteiger partial charge in [-0.2, -0.15) is 0 Å². The van der Waals surface area contributed by atoms with Crippen LogP contribution in [0.5, 0.6) is 0 Å². The number of thioether (sulfide) groups is 1. The largest absolute Gasteiger partial charge is 0.327 e. The molecule has 0 aliphatic rings. The minimum absolute atomic E-state index is 0.119. The Hall–Kier alpha value is -0.540. The van der Waals surface area contributed by atoms with Crippen LogP contribution in [0.25, 0.3) is 0 Å². The van der Waals surface area contributed by atoms with Crippen LogP contribution in [-0.4, -0.2) is 11.3 Å². The fourth-order valence-electron chi connectivity index (χ4n) is 1.55. The van der Waals surface area contributed by atoms with E-state index in [9.17, 15) is 4.39 Å². The van der Waals surface area contributed by atoms with Gasteiger partial charge in [0, 0.05) is 16.2 Å². The van der Waals surface area contributed by atoms with Crippen molar-refractivity contribution in [1.82, 2.24) is 0 Å². The Labute approximate surface area is 108 Å². The van der Waals surface area contributed by atoms with Gasteiger partial charge in [-0.05, 0) is 43.0 Å². The molecule has 3 heteroatoms. The van der Waals surface area contributed by atoms with Crippen molar-refractivity contribution in [1.29, 1.82) is 0 Å². The average molecular weight is 255 g/mol. The molecule has 96 valence electrons. The predicted molar refractivity (Wildman–Crippen MR) is 74.0 cm³/mol. The van der Waals surface area contributed by atoms with Gasteiger partial charge in [0.15, 0.2) is 0 Å². The van der Waals surface area contributed by atoms with Gasteiger partial charge in [-0.1, -0.05) is 20.8 Å². The topological polar surface area (TPSA) is 26.0 Å². The number of hydrogen-bond donors (Lipinski definition) is 1. The summed E-state index contributed by atoms with van der Waals surface area (Å²) in [6.07, 6.45) is 2.79. The smallest absolute Gasteiger partial charge is 0.123 e. The van der Waals surface area contributed by atoms with Crippen molar-refractivity contribution in [2.45, 2.75) is 56.2 Å². The van der Waals surface area contributed by atoms with Crippen molar-refractivity contribution in [3.63, 3.8) is 0 Å². The summed E-state index contributed by atoms with van der Waals surface area (Å²) in [5.74, 6) is -0.170. The second kappa shape index (κ2) is 7.02. The maximum absolute atomic E-state index is 13.3. The molecule has 0 amide bonds. The van der Waals surface area contributed by atoms with E-state index in [-0.39, 0.29) is 11.9 Å². The van der Waals surface area contributed by atoms with E-state index >= 15 is 0 Å². The van der Waals surface area contributed by atoms with Crippen LogP contribution in [0, 0.1) is 5.82 Å². The number of nitrogens with two attached hydrogens (primary N) is 1. The minimum Gasteiger partial charge on any atom is -0.327 e. The molecule has 2 N–H and O–H groups in total. The van der Waals surface area contributed by atoms with Crippen molar-refractivity contribution < 1.29 is 4.39 Å². The summed E-state index contributed by atoms with van der Waals surface area (Å²) in [7, 11) is 0. The highest BCUT2D eigenvalue weighted by Crippen LogP contribution is 2.29. The number of rotatable bonds is 6. The van der Waals surface area contributed by atoms with Crippen LogP contribution in [0.15, 0.2) is 23.1 Å². The van der Waals surface area contributed by atoms with Gasteiger partial charge in [-0.3, -0.25) is 0 Å². The number of halogens is 1. The summed E-state index contributed by atoms with van der Waals surface area (Å²) < 4.78 is 13.3. The molecule has 2 unspecified atom stereocenters. The van der Waals surface area contributed by atoms with E-state index in [0.717, 1.165) is 24.8 Å². The lowest BCUT2D eigenvalue weighted by molar-refractivity contribution is 0.609. The molecule has 0 heterocycles. The first-order valence-corrected chi connectivity index (χ1v) is 7.15. The first kappa shape index (κ1) is 14.5. The van der Waals surface area contributed by atoms with Crippen LogP contribution < -0.4 is 5.73 Å². The van der Waals surface area contributed by atoms with E-state index < -0.39 is 0 Å². The van der Waals surface area contributed by atoms with Gasteiger partial charge >= 0.3 is 0 Å². The molecule has 0 bridgehead atoms. The molecule has 1 aromatic rings. The zero-order valence-corrected chi connectivity index (χ0v) is 11.7. The maximum Gasteiger partial charge on any atom is 0.123 e. The predicted octanol–water partition coefficient (Wildman–Crippen LogP) is 4.00. The molecule has 0 fully saturated rings. The van der Waals surface area contributed by atoms with Crippen molar-refractivity contribution >= 4 is 11.8 Å². The van der Waals surface area contributed by atoms with E-state index in [4.69, 9.17) is 5.73 Å². The first-order valence-electron chi connectivity index (χ1n) is 6.27. The zero-order chi connectivity index (χ0) is 12.8. The quantitative estimate of drug-likeness (QED) is 0.778. The summed E-state index contributed by atoms with van der Waals surface area (Å²) in [5, 5.41) is 0.553. The van der Waals surface area contributed by atoms with E-state index in [1.165, 1.54) is 11.0 Å². The normalized spacial score (nSPS) is 14.6. The fourth-order valence-corrected chi connectivity index (χ4v) is 2.59. The average Bonchev–Trinajstić information content (AvgIpc) is 2.32. The monoisotopic (exact) mass is 255 g/mol. The highest BCUT2D eigenvalue weighted by Gasteiger charge is 2.11. The molecule has 1 nitrogen and oxygen atoms in total. The Morgan fingerprint density at radius 3 is 2.59 bits per heavy atom. The Morgan fingerprint density at radius 1 is 1.29 bits per heavy atom. The molecule has 2 atom stereocenters. The molecule has 0 aromatic heterocycles. The van der Waals surface area contributed by atoms with Gasteiger partial charge in [0.1, 0.15) is 5.82 Å². The molecule has 0 aliphatic heterocycles. The summed E-state index contributed by atoms with van der Waals surface area (Å²) in [4.78, 5) is 1.17. The standard InChI is InChI=1S/C14H22FNS/c1-4-10(3)17-14-7-6-12(15)8-11(14)9-13(16)5-2/h6-8,10,13H,4-5,9,16H2,1-3H3.